The van der Waals surface area contributed by atoms with Crippen LogP contribution >= 0.6 is 0 Å². The SMILES string of the molecule is COc1ccc(OCCOCCO)c(C(=O)c2ccc(C(=O)N[C@@H]3CNC[C@H]3NC(=O)c3ccc4c(c3)CC=C4)cc2)c1C. The maximum atomic E-state index is 13.6. The Kier molecular flexibility index (Phi) is 10.1. The summed E-state index contributed by atoms with van der Waals surface area (Å²) in [5.41, 5.74) is 4.63. The fraction of sp³-hybridized carbons (Fsp3) is 0.324. The molecule has 3 aromatic carbocycles. The Hall–Kier alpha value is -4.51. The molecule has 3 aromatic rings. The number of carbonyl (C=O) groups excluding carboxylic acids is 3. The number of aliphatic hydroxyl groups excluding tert-OH is 1. The highest BCUT2D eigenvalue weighted by molar-refractivity contribution is 6.12. The third-order valence-corrected chi connectivity index (χ3v) is 7.84. The van der Waals surface area contributed by atoms with E-state index < -0.39 is 0 Å². The van der Waals surface area contributed by atoms with Crippen LogP contribution < -0.4 is 25.4 Å². The Morgan fingerprint density at radius 3 is 2.23 bits per heavy atom. The molecule has 1 aliphatic carbocycles. The van der Waals surface area contributed by atoms with Crippen LogP contribution in [-0.4, -0.2) is 81.4 Å². The first kappa shape index (κ1) is 30.9. The lowest BCUT2D eigenvalue weighted by molar-refractivity contribution is 0.0701. The van der Waals surface area contributed by atoms with Gasteiger partial charge in [0.1, 0.15) is 18.1 Å². The van der Waals surface area contributed by atoms with Crippen LogP contribution in [0.15, 0.2) is 60.7 Å². The number of allylic oxidation sites excluding steroid dienone is 1. The standard InChI is InChI=1S/C34H37N3O7/c1-21-29(42-2)12-13-30(44-17-16-43-15-14-38)31(21)32(39)23-7-9-24(10-8-23)33(40)36-27-19-35-20-28(27)37-34(41)26-11-6-22-4-3-5-25(22)18-26/h3-4,6-13,18,27-28,35,38H,5,14-17,19-20H2,1-2H3,(H,36,40)(H,37,41)/t27-,28-/m1/s1. The van der Waals surface area contributed by atoms with Crippen molar-refractivity contribution < 1.29 is 33.7 Å². The molecule has 2 amide bonds. The summed E-state index contributed by atoms with van der Waals surface area (Å²) in [6.45, 7) is 3.43. The van der Waals surface area contributed by atoms with Crippen molar-refractivity contribution in [3.05, 3.63) is 99.6 Å². The van der Waals surface area contributed by atoms with Crippen LogP contribution in [-0.2, 0) is 11.2 Å². The number of nitrogens with one attached hydrogen (secondary N) is 3. The Morgan fingerprint density at radius 1 is 0.864 bits per heavy atom. The van der Waals surface area contributed by atoms with Gasteiger partial charge in [-0.3, -0.25) is 14.4 Å². The summed E-state index contributed by atoms with van der Waals surface area (Å²) in [7, 11) is 1.54. The van der Waals surface area contributed by atoms with E-state index in [0.717, 1.165) is 17.5 Å². The minimum atomic E-state index is -0.302. The number of aliphatic hydroxyl groups is 1. The van der Waals surface area contributed by atoms with Gasteiger partial charge in [0.25, 0.3) is 11.8 Å². The molecule has 1 aliphatic heterocycles. The normalized spacial score (nSPS) is 16.8. The molecular weight excluding hydrogens is 562 g/mol. The van der Waals surface area contributed by atoms with Crippen molar-refractivity contribution in [2.45, 2.75) is 25.4 Å². The van der Waals surface area contributed by atoms with Crippen LogP contribution in [0.2, 0.25) is 0 Å². The number of hydrogen-bond donors (Lipinski definition) is 4. The minimum absolute atomic E-state index is 0.0814. The van der Waals surface area contributed by atoms with Crippen molar-refractivity contribution in [2.24, 2.45) is 0 Å². The maximum absolute atomic E-state index is 13.6. The first-order valence-corrected chi connectivity index (χ1v) is 14.6. The van der Waals surface area contributed by atoms with E-state index in [4.69, 9.17) is 19.3 Å². The first-order chi connectivity index (χ1) is 21.4. The monoisotopic (exact) mass is 599 g/mol. The number of rotatable bonds is 13. The highest BCUT2D eigenvalue weighted by Gasteiger charge is 2.30. The third-order valence-electron chi connectivity index (χ3n) is 7.84. The number of hydrogen-bond acceptors (Lipinski definition) is 8. The van der Waals surface area contributed by atoms with Gasteiger partial charge in [0.2, 0.25) is 0 Å². The molecule has 230 valence electrons. The van der Waals surface area contributed by atoms with Crippen molar-refractivity contribution in [3.63, 3.8) is 0 Å². The number of ether oxygens (including phenoxy) is 3. The summed E-state index contributed by atoms with van der Waals surface area (Å²) in [4.78, 5) is 39.8. The first-order valence-electron chi connectivity index (χ1n) is 14.6. The van der Waals surface area contributed by atoms with E-state index in [9.17, 15) is 14.4 Å². The van der Waals surface area contributed by atoms with Gasteiger partial charge in [0, 0.05) is 35.3 Å². The third kappa shape index (κ3) is 6.99. The lowest BCUT2D eigenvalue weighted by Crippen LogP contribution is -2.51. The molecule has 2 atom stereocenters. The molecule has 0 bridgehead atoms. The molecule has 2 aliphatic rings. The molecule has 0 spiro atoms. The average molecular weight is 600 g/mol. The molecule has 10 nitrogen and oxygen atoms in total. The van der Waals surface area contributed by atoms with E-state index in [1.165, 1.54) is 7.11 Å². The van der Waals surface area contributed by atoms with Crippen LogP contribution in [0.4, 0.5) is 0 Å². The highest BCUT2D eigenvalue weighted by Crippen LogP contribution is 2.32. The van der Waals surface area contributed by atoms with E-state index in [1.807, 2.05) is 18.2 Å². The molecule has 0 saturated carbocycles. The molecule has 10 heteroatoms. The number of benzene rings is 3. The molecule has 4 N–H and O–H groups in total. The van der Waals surface area contributed by atoms with Gasteiger partial charge in [-0.25, -0.2) is 0 Å². The predicted molar refractivity (Wildman–Crippen MR) is 166 cm³/mol. The molecule has 1 heterocycles. The summed E-state index contributed by atoms with van der Waals surface area (Å²) in [6.07, 6.45) is 4.95. The molecule has 0 unspecified atom stereocenters. The van der Waals surface area contributed by atoms with Crippen LogP contribution in [0.3, 0.4) is 0 Å². The number of fused-ring (bicyclic) bond motifs is 1. The highest BCUT2D eigenvalue weighted by atomic mass is 16.5. The minimum Gasteiger partial charge on any atom is -0.496 e. The van der Waals surface area contributed by atoms with Gasteiger partial charge in [-0.05, 0) is 60.9 Å². The largest absolute Gasteiger partial charge is 0.496 e. The Labute approximate surface area is 256 Å². The van der Waals surface area contributed by atoms with Crippen molar-refractivity contribution in [1.29, 1.82) is 0 Å². The zero-order valence-corrected chi connectivity index (χ0v) is 24.9. The van der Waals surface area contributed by atoms with Crippen LogP contribution in [0, 0.1) is 6.92 Å². The van der Waals surface area contributed by atoms with Gasteiger partial charge in [0.15, 0.2) is 5.78 Å². The fourth-order valence-electron chi connectivity index (χ4n) is 5.47. The van der Waals surface area contributed by atoms with E-state index in [2.05, 4.69) is 28.1 Å². The second-order valence-corrected chi connectivity index (χ2v) is 10.7. The molecule has 5 rings (SSSR count). The van der Waals surface area contributed by atoms with Crippen molar-refractivity contribution in [1.82, 2.24) is 16.0 Å². The lowest BCUT2D eigenvalue weighted by Gasteiger charge is -2.21. The zero-order chi connectivity index (χ0) is 31.1. The van der Waals surface area contributed by atoms with Gasteiger partial charge < -0.3 is 35.3 Å². The molecule has 1 saturated heterocycles. The average Bonchev–Trinajstić information content (AvgIpc) is 3.69. The second kappa shape index (κ2) is 14.3. The van der Waals surface area contributed by atoms with E-state index in [-0.39, 0.29) is 56.1 Å². The summed E-state index contributed by atoms with van der Waals surface area (Å²) < 4.78 is 16.5. The zero-order valence-electron chi connectivity index (χ0n) is 24.9. The van der Waals surface area contributed by atoms with Crippen LogP contribution in [0.25, 0.3) is 6.08 Å². The van der Waals surface area contributed by atoms with Crippen molar-refractivity contribution in [3.8, 4) is 11.5 Å². The molecule has 1 fully saturated rings. The van der Waals surface area contributed by atoms with Gasteiger partial charge in [-0.1, -0.05) is 30.4 Å². The van der Waals surface area contributed by atoms with Gasteiger partial charge in [-0.2, -0.15) is 0 Å². The van der Waals surface area contributed by atoms with Gasteiger partial charge >= 0.3 is 0 Å². The van der Waals surface area contributed by atoms with Crippen LogP contribution in [0.5, 0.6) is 11.5 Å². The van der Waals surface area contributed by atoms with E-state index in [0.29, 0.717) is 52.4 Å². The maximum Gasteiger partial charge on any atom is 0.251 e. The molecule has 44 heavy (non-hydrogen) atoms. The van der Waals surface area contributed by atoms with Crippen LogP contribution in [0.1, 0.15) is 53.3 Å². The van der Waals surface area contributed by atoms with Crippen molar-refractivity contribution in [2.75, 3.05) is 46.6 Å². The van der Waals surface area contributed by atoms with E-state index >= 15 is 0 Å². The summed E-state index contributed by atoms with van der Waals surface area (Å²) in [6, 6.07) is 15.0. The smallest absolute Gasteiger partial charge is 0.251 e. The van der Waals surface area contributed by atoms with Gasteiger partial charge in [0.05, 0.1) is 44.6 Å². The number of methoxy groups -OCH3 is 1. The molecule has 0 radical (unpaired) electrons. The topological polar surface area (TPSA) is 135 Å². The summed E-state index contributed by atoms with van der Waals surface area (Å²) in [5.74, 6) is 0.188. The fourth-order valence-corrected chi connectivity index (χ4v) is 5.47. The predicted octanol–water partition coefficient (Wildman–Crippen LogP) is 2.69. The number of amides is 2. The van der Waals surface area contributed by atoms with E-state index in [1.54, 1.807) is 43.3 Å². The Bertz CT molecular complexity index is 1550. The quantitative estimate of drug-likeness (QED) is 0.174. The molecule has 0 aromatic heterocycles. The number of ketones is 1. The van der Waals surface area contributed by atoms with Gasteiger partial charge in [-0.15, -0.1) is 0 Å². The lowest BCUT2D eigenvalue weighted by atomic mass is 9.96. The second-order valence-electron chi connectivity index (χ2n) is 10.7. The molecular formula is C34H37N3O7. The summed E-state index contributed by atoms with van der Waals surface area (Å²) >= 11 is 0. The van der Waals surface area contributed by atoms with Crippen molar-refractivity contribution >= 4 is 23.7 Å². The number of carbonyl (C=O) groups is 3. The Morgan fingerprint density at radius 2 is 1.52 bits per heavy atom. The Balaban J connectivity index is 1.23. The summed E-state index contributed by atoms with van der Waals surface area (Å²) in [5, 5.41) is 18.2.